The average molecular weight is 360 g/mol. The van der Waals surface area contributed by atoms with E-state index in [2.05, 4.69) is 5.32 Å². The van der Waals surface area contributed by atoms with Crippen LogP contribution in [0.3, 0.4) is 0 Å². The molecule has 26 heavy (non-hydrogen) atoms. The lowest BCUT2D eigenvalue weighted by Crippen LogP contribution is -2.28. The van der Waals surface area contributed by atoms with Gasteiger partial charge in [0.1, 0.15) is 11.6 Å². The first-order valence-corrected chi connectivity index (χ1v) is 8.11. The van der Waals surface area contributed by atoms with Gasteiger partial charge in [-0.05, 0) is 37.1 Å². The molecular formula is C18H24N4O4. The van der Waals surface area contributed by atoms with Crippen LogP contribution in [-0.2, 0) is 16.0 Å². The third kappa shape index (κ3) is 6.45. The predicted molar refractivity (Wildman–Crippen MR) is 96.4 cm³/mol. The van der Waals surface area contributed by atoms with Crippen LogP contribution in [0.4, 0.5) is 0 Å². The van der Waals surface area contributed by atoms with Gasteiger partial charge in [-0.1, -0.05) is 6.07 Å². The van der Waals surface area contributed by atoms with Crippen LogP contribution in [0.15, 0.2) is 30.0 Å². The first kappa shape index (κ1) is 21.0. The van der Waals surface area contributed by atoms with E-state index in [-0.39, 0.29) is 5.57 Å². The normalized spacial score (nSPS) is 10.6. The summed E-state index contributed by atoms with van der Waals surface area (Å²) in [6.07, 6.45) is 2.92. The van der Waals surface area contributed by atoms with Gasteiger partial charge in [-0.3, -0.25) is 9.59 Å². The Morgan fingerprint density at radius 3 is 2.65 bits per heavy atom. The Hall–Kier alpha value is -3.05. The monoisotopic (exact) mass is 360 g/mol. The Morgan fingerprint density at radius 1 is 1.35 bits per heavy atom. The fourth-order valence-corrected chi connectivity index (χ4v) is 2.18. The molecule has 0 saturated carbocycles. The van der Waals surface area contributed by atoms with Crippen LogP contribution in [0.25, 0.3) is 0 Å². The van der Waals surface area contributed by atoms with Crippen molar-refractivity contribution in [3.05, 3.63) is 35.5 Å². The molecule has 0 saturated heterocycles. The van der Waals surface area contributed by atoms with Crippen LogP contribution in [0.2, 0.25) is 0 Å². The summed E-state index contributed by atoms with van der Waals surface area (Å²) in [4.78, 5) is 24.3. The van der Waals surface area contributed by atoms with Crippen LogP contribution in [-0.4, -0.2) is 51.1 Å². The summed E-state index contributed by atoms with van der Waals surface area (Å²) in [5, 5.41) is 11.8. The van der Waals surface area contributed by atoms with Gasteiger partial charge in [-0.25, -0.2) is 0 Å². The molecule has 140 valence electrons. The van der Waals surface area contributed by atoms with Crippen LogP contribution in [0, 0.1) is 11.3 Å². The molecule has 0 aliphatic heterocycles. The van der Waals surface area contributed by atoms with E-state index in [0.717, 1.165) is 5.56 Å². The topological polar surface area (TPSA) is 118 Å². The summed E-state index contributed by atoms with van der Waals surface area (Å²) in [5.74, 6) is 0.699. The van der Waals surface area contributed by atoms with Gasteiger partial charge in [-0.2, -0.15) is 5.26 Å². The summed E-state index contributed by atoms with van der Waals surface area (Å²) >= 11 is 0. The lowest BCUT2D eigenvalue weighted by Gasteiger charge is -2.12. The van der Waals surface area contributed by atoms with E-state index in [1.165, 1.54) is 11.1 Å². The van der Waals surface area contributed by atoms with E-state index in [0.29, 0.717) is 50.4 Å². The summed E-state index contributed by atoms with van der Waals surface area (Å²) in [6.45, 7) is 1.10. The second kappa shape index (κ2) is 11.5. The maximum absolute atomic E-state index is 12.1. The molecule has 0 radical (unpaired) electrons. The molecule has 1 aromatic rings. The molecule has 0 fully saturated rings. The fourth-order valence-electron chi connectivity index (χ4n) is 2.18. The van der Waals surface area contributed by atoms with Gasteiger partial charge >= 0.3 is 0 Å². The molecule has 0 heterocycles. The third-order valence-corrected chi connectivity index (χ3v) is 3.56. The quantitative estimate of drug-likeness (QED) is 0.338. The highest BCUT2D eigenvalue weighted by Crippen LogP contribution is 2.27. The third-order valence-electron chi connectivity index (χ3n) is 3.56. The highest BCUT2D eigenvalue weighted by atomic mass is 16.5. The molecule has 1 aromatic carbocycles. The molecule has 0 aliphatic carbocycles. The number of carbonyl (C=O) groups excluding carboxylic acids is 2. The molecule has 8 heteroatoms. The standard InChI is InChI=1S/C18H24N4O4/c1-25-16-5-4-14(10-17(16)26-2)6-8-21-18(24)15(11-20)12-22(13-23)9-3-7-19/h4-5,10,12-13H,3,6-9,19H2,1-2H3,(H,21,24)/b15-12-. The minimum atomic E-state index is -0.535. The number of nitriles is 1. The molecule has 0 aromatic heterocycles. The lowest BCUT2D eigenvalue weighted by atomic mass is 10.1. The van der Waals surface area contributed by atoms with Crippen molar-refractivity contribution >= 4 is 12.3 Å². The summed E-state index contributed by atoms with van der Waals surface area (Å²) in [7, 11) is 3.11. The lowest BCUT2D eigenvalue weighted by molar-refractivity contribution is -0.117. The highest BCUT2D eigenvalue weighted by molar-refractivity contribution is 5.97. The van der Waals surface area contributed by atoms with Crippen molar-refractivity contribution in [3.8, 4) is 17.6 Å². The largest absolute Gasteiger partial charge is 0.493 e. The van der Waals surface area contributed by atoms with E-state index in [1.54, 1.807) is 26.4 Å². The fraction of sp³-hybridized carbons (Fsp3) is 0.389. The molecule has 0 bridgehead atoms. The Kier molecular flexibility index (Phi) is 9.28. The second-order valence-corrected chi connectivity index (χ2v) is 5.34. The minimum Gasteiger partial charge on any atom is -0.493 e. The number of nitrogens with zero attached hydrogens (tertiary/aromatic N) is 2. The summed E-state index contributed by atoms with van der Waals surface area (Å²) in [5.41, 5.74) is 6.20. The number of hydrogen-bond donors (Lipinski definition) is 2. The summed E-state index contributed by atoms with van der Waals surface area (Å²) < 4.78 is 10.4. The van der Waals surface area contributed by atoms with Crippen molar-refractivity contribution in [3.63, 3.8) is 0 Å². The number of carbonyl (C=O) groups is 2. The second-order valence-electron chi connectivity index (χ2n) is 5.34. The number of nitrogens with one attached hydrogen (secondary N) is 1. The van der Waals surface area contributed by atoms with Crippen molar-refractivity contribution in [2.45, 2.75) is 12.8 Å². The molecule has 0 aliphatic rings. The van der Waals surface area contributed by atoms with Crippen LogP contribution >= 0.6 is 0 Å². The Labute approximate surface area is 153 Å². The van der Waals surface area contributed by atoms with Crippen molar-refractivity contribution in [2.75, 3.05) is 33.9 Å². The van der Waals surface area contributed by atoms with Crippen LogP contribution in [0.5, 0.6) is 11.5 Å². The van der Waals surface area contributed by atoms with Gasteiger partial charge in [0, 0.05) is 19.3 Å². The number of rotatable bonds is 11. The maximum Gasteiger partial charge on any atom is 0.263 e. The van der Waals surface area contributed by atoms with Gasteiger partial charge in [0.25, 0.3) is 5.91 Å². The van der Waals surface area contributed by atoms with Gasteiger partial charge in [0.05, 0.1) is 14.2 Å². The van der Waals surface area contributed by atoms with E-state index in [9.17, 15) is 9.59 Å². The smallest absolute Gasteiger partial charge is 0.263 e. The molecule has 0 unspecified atom stereocenters. The molecular weight excluding hydrogens is 336 g/mol. The summed E-state index contributed by atoms with van der Waals surface area (Å²) in [6, 6.07) is 7.29. The van der Waals surface area contributed by atoms with Crippen molar-refractivity contribution in [1.82, 2.24) is 10.2 Å². The van der Waals surface area contributed by atoms with E-state index in [4.69, 9.17) is 20.5 Å². The van der Waals surface area contributed by atoms with E-state index >= 15 is 0 Å². The van der Waals surface area contributed by atoms with Crippen molar-refractivity contribution < 1.29 is 19.1 Å². The highest BCUT2D eigenvalue weighted by Gasteiger charge is 2.11. The van der Waals surface area contributed by atoms with E-state index in [1.807, 2.05) is 12.1 Å². The molecule has 3 N–H and O–H groups in total. The van der Waals surface area contributed by atoms with Crippen molar-refractivity contribution in [1.29, 1.82) is 5.26 Å². The Morgan fingerprint density at radius 2 is 2.08 bits per heavy atom. The number of hydrogen-bond acceptors (Lipinski definition) is 6. The molecule has 1 rings (SSSR count). The molecule has 8 nitrogen and oxygen atoms in total. The van der Waals surface area contributed by atoms with E-state index < -0.39 is 5.91 Å². The number of ether oxygens (including phenoxy) is 2. The zero-order chi connectivity index (χ0) is 19.4. The predicted octanol–water partition coefficient (Wildman–Crippen LogP) is 0.577. The molecule has 0 atom stereocenters. The average Bonchev–Trinajstić information content (AvgIpc) is 2.67. The number of amides is 2. The van der Waals surface area contributed by atoms with Crippen LogP contribution in [0.1, 0.15) is 12.0 Å². The number of nitrogens with two attached hydrogens (primary N) is 1. The van der Waals surface area contributed by atoms with Gasteiger partial charge in [0.15, 0.2) is 11.5 Å². The zero-order valence-corrected chi connectivity index (χ0v) is 15.0. The van der Waals surface area contributed by atoms with Gasteiger partial charge < -0.3 is 25.4 Å². The molecule has 0 spiro atoms. The first-order valence-electron chi connectivity index (χ1n) is 8.11. The Bertz CT molecular complexity index is 682. The van der Waals surface area contributed by atoms with Crippen LogP contribution < -0.4 is 20.5 Å². The van der Waals surface area contributed by atoms with Crippen molar-refractivity contribution in [2.24, 2.45) is 5.73 Å². The number of methoxy groups -OCH3 is 2. The zero-order valence-electron chi connectivity index (χ0n) is 15.0. The van der Waals surface area contributed by atoms with Gasteiger partial charge in [0.2, 0.25) is 6.41 Å². The SMILES string of the molecule is COc1ccc(CCNC(=O)/C(C#N)=C\N(C=O)CCCN)cc1OC. The number of benzene rings is 1. The first-order chi connectivity index (χ1) is 12.6. The maximum atomic E-state index is 12.1. The molecule has 2 amide bonds. The van der Waals surface area contributed by atoms with Gasteiger partial charge in [-0.15, -0.1) is 0 Å². The minimum absolute atomic E-state index is 0.138. The Balaban J connectivity index is 2.64.